The summed E-state index contributed by atoms with van der Waals surface area (Å²) >= 11 is 0. The van der Waals surface area contributed by atoms with E-state index in [0.29, 0.717) is 25.6 Å². The van der Waals surface area contributed by atoms with Crippen molar-refractivity contribution in [1.29, 1.82) is 0 Å². The minimum absolute atomic E-state index is 0.169. The van der Waals surface area contributed by atoms with Crippen molar-refractivity contribution in [1.82, 2.24) is 40.3 Å². The van der Waals surface area contributed by atoms with Crippen LogP contribution in [0.4, 0.5) is 0 Å². The predicted molar refractivity (Wildman–Crippen MR) is 143 cm³/mol. The Morgan fingerprint density at radius 1 is 1.10 bits per heavy atom. The third kappa shape index (κ3) is 6.39. The fraction of sp³-hybridized carbons (Fsp3) is 0.808. The number of nitrogens with zero attached hydrogens (tertiary/aromatic N) is 6. The topological polar surface area (TPSA) is 186 Å². The number of nitrogens with one attached hydrogen (secondary N) is 2. The summed E-state index contributed by atoms with van der Waals surface area (Å²) in [5.41, 5.74) is 0.720. The van der Waals surface area contributed by atoms with Crippen LogP contribution in [0.3, 0.4) is 0 Å². The first kappa shape index (κ1) is 29.8. The molecule has 0 radical (unpaired) electrons. The van der Waals surface area contributed by atoms with E-state index < -0.39 is 60.3 Å². The van der Waals surface area contributed by atoms with Gasteiger partial charge in [0.25, 0.3) is 5.91 Å². The first-order valence-corrected chi connectivity index (χ1v) is 14.5. The molecule has 0 aromatic carbocycles. The van der Waals surface area contributed by atoms with Crippen molar-refractivity contribution in [3.63, 3.8) is 0 Å². The van der Waals surface area contributed by atoms with Crippen molar-refractivity contribution in [3.8, 4) is 0 Å². The fourth-order valence-electron chi connectivity index (χ4n) is 6.38. The Balaban J connectivity index is 1.41. The van der Waals surface area contributed by atoms with Crippen LogP contribution in [0.5, 0.6) is 0 Å². The zero-order valence-corrected chi connectivity index (χ0v) is 23.6. The third-order valence-electron chi connectivity index (χ3n) is 8.57. The summed E-state index contributed by atoms with van der Waals surface area (Å²) in [6, 6.07) is -1.08. The van der Waals surface area contributed by atoms with Gasteiger partial charge in [-0.15, -0.1) is 5.10 Å². The van der Waals surface area contributed by atoms with E-state index in [0.717, 1.165) is 31.4 Å². The first-order chi connectivity index (χ1) is 19.6. The van der Waals surface area contributed by atoms with Crippen LogP contribution in [-0.2, 0) is 25.7 Å². The summed E-state index contributed by atoms with van der Waals surface area (Å²) in [5.74, 6) is -1.54. The van der Waals surface area contributed by atoms with Crippen LogP contribution in [0.15, 0.2) is 6.20 Å². The molecule has 1 aliphatic carbocycles. The van der Waals surface area contributed by atoms with Gasteiger partial charge in [-0.1, -0.05) is 18.1 Å². The monoisotopic (exact) mass is 578 g/mol. The fourth-order valence-corrected chi connectivity index (χ4v) is 6.38. The quantitative estimate of drug-likeness (QED) is 0.220. The lowest BCUT2D eigenvalue weighted by Gasteiger charge is -2.42. The molecule has 1 aromatic rings. The van der Waals surface area contributed by atoms with Gasteiger partial charge in [-0.2, -0.15) is 0 Å². The number of fused-ring (bicyclic) bond motifs is 3. The van der Waals surface area contributed by atoms with Crippen molar-refractivity contribution >= 4 is 17.7 Å². The van der Waals surface area contributed by atoms with Crippen molar-refractivity contribution in [2.45, 2.75) is 87.3 Å². The molecule has 0 unspecified atom stereocenters. The standard InChI is InChI=1S/C26H42N8O7/c1-31(2)12-16-13-34(30-29-16)17-7-9-33-19(35)14-32(10-8-27-15-5-3-4-6-15)26(40)24-23(38)22(37)21(36)18(41-24)11-28-25(39)20(17)33/h13,15,17-18,20-24,27,36-38H,3-12,14H2,1-2H3,(H,28,39)/t17-,18+,20+,21+,22-,23-,24+/m1/s1. The predicted octanol–water partition coefficient (Wildman–Crippen LogP) is -3.18. The smallest absolute Gasteiger partial charge is 0.255 e. The summed E-state index contributed by atoms with van der Waals surface area (Å²) in [4.78, 5) is 45.7. The number of aliphatic hydroxyl groups excluding tert-OH is 3. The maximum absolute atomic E-state index is 13.7. The number of carbonyl (C=O) groups is 3. The molecule has 5 N–H and O–H groups in total. The van der Waals surface area contributed by atoms with E-state index in [-0.39, 0.29) is 26.2 Å². The van der Waals surface area contributed by atoms with E-state index in [4.69, 9.17) is 4.74 Å². The number of ether oxygens (including phenoxy) is 1. The van der Waals surface area contributed by atoms with Gasteiger partial charge in [0.2, 0.25) is 11.8 Å². The maximum atomic E-state index is 13.7. The minimum atomic E-state index is -1.69. The molecule has 1 aromatic heterocycles. The van der Waals surface area contributed by atoms with Gasteiger partial charge in [-0.25, -0.2) is 4.68 Å². The number of hydrogen-bond acceptors (Lipinski definition) is 11. The van der Waals surface area contributed by atoms with Crippen molar-refractivity contribution in [3.05, 3.63) is 11.9 Å². The van der Waals surface area contributed by atoms with Crippen LogP contribution >= 0.6 is 0 Å². The Morgan fingerprint density at radius 3 is 2.59 bits per heavy atom. The SMILES string of the molecule is CN(C)Cc1cn([C@@H]2CCN3C(=O)CN(CCNC4CCCC4)C(=O)[C@H]4O[C@@H](CNC(=O)[C@H]23)[C@H](O)[C@@H](O)[C@H]4O)nn1. The van der Waals surface area contributed by atoms with Gasteiger partial charge in [-0.3, -0.25) is 14.4 Å². The Hall–Kier alpha value is -2.69. The molecule has 0 spiro atoms. The summed E-state index contributed by atoms with van der Waals surface area (Å²) < 4.78 is 7.39. The Kier molecular flexibility index (Phi) is 9.21. The molecule has 3 aliphatic heterocycles. The molecule has 15 heteroatoms. The van der Waals surface area contributed by atoms with Crippen molar-refractivity contribution < 1.29 is 34.4 Å². The van der Waals surface area contributed by atoms with Crippen molar-refractivity contribution in [2.24, 2.45) is 0 Å². The van der Waals surface area contributed by atoms with Gasteiger partial charge in [0.15, 0.2) is 6.10 Å². The van der Waals surface area contributed by atoms with Crippen LogP contribution < -0.4 is 10.6 Å². The second kappa shape index (κ2) is 12.7. The van der Waals surface area contributed by atoms with E-state index in [1.54, 1.807) is 10.9 Å². The highest BCUT2D eigenvalue weighted by molar-refractivity contribution is 5.92. The highest BCUT2D eigenvalue weighted by Crippen LogP contribution is 2.30. The molecule has 4 fully saturated rings. The van der Waals surface area contributed by atoms with Gasteiger partial charge < -0.3 is 45.4 Å². The number of rotatable bonds is 7. The van der Waals surface area contributed by atoms with E-state index in [1.165, 1.54) is 9.80 Å². The van der Waals surface area contributed by atoms with Gasteiger partial charge in [0.1, 0.15) is 30.5 Å². The summed E-state index contributed by atoms with van der Waals surface area (Å²) in [5, 5.41) is 46.4. The third-order valence-corrected chi connectivity index (χ3v) is 8.57. The van der Waals surface area contributed by atoms with Gasteiger partial charge in [-0.05, 0) is 33.4 Å². The highest BCUT2D eigenvalue weighted by atomic mass is 16.5. The molecule has 3 saturated heterocycles. The molecule has 15 nitrogen and oxygen atoms in total. The second-order valence-corrected chi connectivity index (χ2v) is 11.8. The molecular formula is C26H42N8O7. The summed E-state index contributed by atoms with van der Waals surface area (Å²) in [7, 11) is 3.82. The second-order valence-electron chi connectivity index (χ2n) is 11.8. The number of hydrogen-bond donors (Lipinski definition) is 5. The molecule has 41 heavy (non-hydrogen) atoms. The van der Waals surface area contributed by atoms with E-state index >= 15 is 0 Å². The molecule has 4 heterocycles. The Morgan fingerprint density at radius 2 is 1.85 bits per heavy atom. The normalized spacial score (nSPS) is 33.6. The van der Waals surface area contributed by atoms with Crippen LogP contribution in [0.2, 0.25) is 0 Å². The average Bonchev–Trinajstić information content (AvgIpc) is 3.70. The number of carbonyl (C=O) groups excluding carboxylic acids is 3. The van der Waals surface area contributed by atoms with E-state index in [2.05, 4.69) is 20.9 Å². The lowest BCUT2D eigenvalue weighted by molar-refractivity contribution is -0.223. The maximum Gasteiger partial charge on any atom is 0.255 e. The molecule has 3 amide bonds. The molecule has 228 valence electrons. The van der Waals surface area contributed by atoms with Crippen LogP contribution in [0.25, 0.3) is 0 Å². The lowest BCUT2D eigenvalue weighted by Crippen LogP contribution is -2.65. The molecular weight excluding hydrogens is 536 g/mol. The van der Waals surface area contributed by atoms with Crippen LogP contribution in [-0.4, -0.2) is 152 Å². The largest absolute Gasteiger partial charge is 0.388 e. The molecule has 1 saturated carbocycles. The summed E-state index contributed by atoms with van der Waals surface area (Å²) in [6.45, 7) is 0.875. The van der Waals surface area contributed by atoms with Crippen LogP contribution in [0.1, 0.15) is 43.8 Å². The van der Waals surface area contributed by atoms with Gasteiger partial charge in [0, 0.05) is 38.8 Å². The van der Waals surface area contributed by atoms with Crippen molar-refractivity contribution in [2.75, 3.05) is 46.8 Å². The molecule has 7 atom stereocenters. The zero-order chi connectivity index (χ0) is 29.3. The zero-order valence-electron chi connectivity index (χ0n) is 23.6. The van der Waals surface area contributed by atoms with Crippen LogP contribution in [0, 0.1) is 0 Å². The molecule has 5 rings (SSSR count). The van der Waals surface area contributed by atoms with Gasteiger partial charge in [0.05, 0.1) is 24.5 Å². The van der Waals surface area contributed by atoms with E-state index in [9.17, 15) is 29.7 Å². The first-order valence-electron chi connectivity index (χ1n) is 14.5. The number of amides is 3. The molecule has 4 aliphatic rings. The summed E-state index contributed by atoms with van der Waals surface area (Å²) in [6.07, 6.45) is -0.936. The highest BCUT2D eigenvalue weighted by Gasteiger charge is 2.50. The Bertz CT molecular complexity index is 1100. The Labute approximate surface area is 238 Å². The molecule has 2 bridgehead atoms. The number of aromatic nitrogens is 3. The average molecular weight is 579 g/mol. The number of aliphatic hydroxyl groups is 3. The van der Waals surface area contributed by atoms with E-state index in [1.807, 2.05) is 19.0 Å². The van der Waals surface area contributed by atoms with Gasteiger partial charge >= 0.3 is 0 Å². The lowest BCUT2D eigenvalue weighted by atomic mass is 9.93. The minimum Gasteiger partial charge on any atom is -0.388 e.